The van der Waals surface area contributed by atoms with Gasteiger partial charge in [-0.25, -0.2) is 9.37 Å². The number of halogens is 1. The zero-order valence-electron chi connectivity index (χ0n) is 15.5. The van der Waals surface area contributed by atoms with Crippen molar-refractivity contribution in [2.75, 3.05) is 13.2 Å². The number of nitrogens with one attached hydrogen (secondary N) is 1. The number of para-hydroxylation sites is 1. The summed E-state index contributed by atoms with van der Waals surface area (Å²) < 4.78 is 21.8. The Balaban J connectivity index is 1.42. The molecule has 4 nitrogen and oxygen atoms in total. The van der Waals surface area contributed by atoms with E-state index in [-0.39, 0.29) is 5.82 Å². The summed E-state index contributed by atoms with van der Waals surface area (Å²) >= 11 is 0. The lowest BCUT2D eigenvalue weighted by molar-refractivity contribution is 0.302. The first-order valence-corrected chi connectivity index (χ1v) is 9.36. The maximum atomic E-state index is 14.1. The molecule has 5 heteroatoms. The molecular weight excluding hydrogens is 353 g/mol. The van der Waals surface area contributed by atoms with Gasteiger partial charge in [0.15, 0.2) is 0 Å². The van der Waals surface area contributed by atoms with E-state index in [2.05, 4.69) is 33.2 Å². The van der Waals surface area contributed by atoms with Crippen molar-refractivity contribution in [3.05, 3.63) is 96.1 Å². The molecule has 28 heavy (non-hydrogen) atoms. The van der Waals surface area contributed by atoms with Crippen molar-refractivity contribution in [1.82, 2.24) is 14.9 Å². The van der Waals surface area contributed by atoms with Gasteiger partial charge in [0.2, 0.25) is 5.88 Å². The summed E-state index contributed by atoms with van der Waals surface area (Å²) in [7, 11) is 0. The molecule has 0 radical (unpaired) electrons. The van der Waals surface area contributed by atoms with Gasteiger partial charge in [0.1, 0.15) is 12.4 Å². The van der Waals surface area contributed by atoms with Crippen LogP contribution < -0.4 is 10.1 Å². The molecule has 2 heterocycles. The lowest BCUT2D eigenvalue weighted by atomic mass is 10.2. The quantitative estimate of drug-likeness (QED) is 0.464. The zero-order chi connectivity index (χ0) is 19.2. The fraction of sp³-hybridized carbons (Fsp3) is 0.174. The Kier molecular flexibility index (Phi) is 5.64. The van der Waals surface area contributed by atoms with Gasteiger partial charge in [-0.1, -0.05) is 42.5 Å². The van der Waals surface area contributed by atoms with Gasteiger partial charge in [0.25, 0.3) is 0 Å². The number of fused-ring (bicyclic) bond motifs is 1. The van der Waals surface area contributed by atoms with Gasteiger partial charge in [-0.3, -0.25) is 0 Å². The van der Waals surface area contributed by atoms with Crippen molar-refractivity contribution in [3.63, 3.8) is 0 Å². The molecule has 0 bridgehead atoms. The average molecular weight is 375 g/mol. The molecular formula is C23H22FN3O. The van der Waals surface area contributed by atoms with Crippen LogP contribution in [-0.2, 0) is 13.1 Å². The first-order valence-electron chi connectivity index (χ1n) is 9.36. The Bertz CT molecular complexity index is 1050. The van der Waals surface area contributed by atoms with Crippen molar-refractivity contribution < 1.29 is 9.13 Å². The lowest BCUT2D eigenvalue weighted by Crippen LogP contribution is -2.20. The Hall–Kier alpha value is -3.18. The molecule has 0 spiro atoms. The first kappa shape index (κ1) is 18.2. The molecule has 0 aliphatic rings. The molecule has 0 aliphatic carbocycles. The highest BCUT2D eigenvalue weighted by molar-refractivity contribution is 5.84. The van der Waals surface area contributed by atoms with Crippen LogP contribution in [0, 0.1) is 5.82 Å². The van der Waals surface area contributed by atoms with Crippen molar-refractivity contribution in [3.8, 4) is 5.88 Å². The van der Waals surface area contributed by atoms with Gasteiger partial charge < -0.3 is 14.6 Å². The third-order valence-electron chi connectivity index (χ3n) is 4.65. The summed E-state index contributed by atoms with van der Waals surface area (Å²) in [6.45, 7) is 2.49. The number of aromatic nitrogens is 2. The normalized spacial score (nSPS) is 11.0. The Labute approximate surface area is 163 Å². The fourth-order valence-electron chi connectivity index (χ4n) is 3.29. The summed E-state index contributed by atoms with van der Waals surface area (Å²) in [5.74, 6) is 0.456. The second-order valence-corrected chi connectivity index (χ2v) is 6.58. The van der Waals surface area contributed by atoms with Crippen molar-refractivity contribution in [1.29, 1.82) is 0 Å². The molecule has 0 fully saturated rings. The number of pyridine rings is 1. The maximum Gasteiger partial charge on any atom is 0.213 e. The summed E-state index contributed by atoms with van der Waals surface area (Å²) in [5, 5.41) is 4.59. The minimum Gasteiger partial charge on any atom is -0.476 e. The van der Waals surface area contributed by atoms with Crippen LogP contribution >= 0.6 is 0 Å². The van der Waals surface area contributed by atoms with Crippen LogP contribution in [0.2, 0.25) is 0 Å². The SMILES string of the molecule is Fc1ccccc1Cn1cc(CNCCOc2ccccn2)c2ccccc21. The predicted octanol–water partition coefficient (Wildman–Crippen LogP) is 4.39. The molecule has 2 aromatic carbocycles. The van der Waals surface area contributed by atoms with Gasteiger partial charge in [-0.05, 0) is 23.8 Å². The third-order valence-corrected chi connectivity index (χ3v) is 4.65. The van der Waals surface area contributed by atoms with Crippen LogP contribution in [0.3, 0.4) is 0 Å². The van der Waals surface area contributed by atoms with E-state index in [0.29, 0.717) is 31.1 Å². The highest BCUT2D eigenvalue weighted by atomic mass is 19.1. The van der Waals surface area contributed by atoms with Crippen LogP contribution in [0.4, 0.5) is 4.39 Å². The van der Waals surface area contributed by atoms with Gasteiger partial charge in [0.05, 0.1) is 6.54 Å². The van der Waals surface area contributed by atoms with Crippen LogP contribution in [-0.4, -0.2) is 22.7 Å². The molecule has 1 N–H and O–H groups in total. The first-order chi connectivity index (χ1) is 13.8. The molecule has 0 saturated carbocycles. The standard InChI is InChI=1S/C23H22FN3O/c24-21-9-3-1-7-18(21)16-27-17-19(20-8-2-4-10-22(20)27)15-25-13-14-28-23-11-5-6-12-26-23/h1-12,17,25H,13-16H2. The Morgan fingerprint density at radius 3 is 2.61 bits per heavy atom. The van der Waals surface area contributed by atoms with E-state index in [1.165, 1.54) is 17.0 Å². The highest BCUT2D eigenvalue weighted by Gasteiger charge is 2.10. The smallest absolute Gasteiger partial charge is 0.213 e. The van der Waals surface area contributed by atoms with E-state index < -0.39 is 0 Å². The van der Waals surface area contributed by atoms with Crippen LogP contribution in [0.15, 0.2) is 79.1 Å². The second-order valence-electron chi connectivity index (χ2n) is 6.58. The largest absolute Gasteiger partial charge is 0.476 e. The van der Waals surface area contributed by atoms with Gasteiger partial charge in [-0.2, -0.15) is 0 Å². The number of rotatable bonds is 8. The second kappa shape index (κ2) is 8.67. The number of benzene rings is 2. The molecule has 142 valence electrons. The Morgan fingerprint density at radius 1 is 0.929 bits per heavy atom. The number of nitrogens with zero attached hydrogens (tertiary/aromatic N) is 2. The van der Waals surface area contributed by atoms with E-state index in [0.717, 1.165) is 12.1 Å². The molecule has 0 unspecified atom stereocenters. The van der Waals surface area contributed by atoms with Crippen molar-refractivity contribution in [2.45, 2.75) is 13.1 Å². The monoisotopic (exact) mass is 375 g/mol. The molecule has 0 aliphatic heterocycles. The van der Waals surface area contributed by atoms with Gasteiger partial charge in [-0.15, -0.1) is 0 Å². The summed E-state index contributed by atoms with van der Waals surface area (Å²) in [5.41, 5.74) is 2.98. The predicted molar refractivity (Wildman–Crippen MR) is 109 cm³/mol. The van der Waals surface area contributed by atoms with Crippen molar-refractivity contribution >= 4 is 10.9 Å². The Morgan fingerprint density at radius 2 is 1.75 bits per heavy atom. The molecule has 0 amide bonds. The maximum absolute atomic E-state index is 14.1. The van der Waals surface area contributed by atoms with E-state index in [1.54, 1.807) is 12.3 Å². The summed E-state index contributed by atoms with van der Waals surface area (Å²) in [6.07, 6.45) is 3.82. The summed E-state index contributed by atoms with van der Waals surface area (Å²) in [6, 6.07) is 20.8. The van der Waals surface area contributed by atoms with E-state index in [1.807, 2.05) is 42.5 Å². The number of ether oxygens (including phenoxy) is 1. The topological polar surface area (TPSA) is 39.1 Å². The highest BCUT2D eigenvalue weighted by Crippen LogP contribution is 2.23. The van der Waals surface area contributed by atoms with Gasteiger partial charge in [0, 0.05) is 48.0 Å². The van der Waals surface area contributed by atoms with E-state index in [4.69, 9.17) is 4.74 Å². The molecule has 0 atom stereocenters. The van der Waals surface area contributed by atoms with Crippen LogP contribution in [0.5, 0.6) is 5.88 Å². The average Bonchev–Trinajstić information content (AvgIpc) is 3.08. The third kappa shape index (κ3) is 4.21. The zero-order valence-corrected chi connectivity index (χ0v) is 15.5. The van der Waals surface area contributed by atoms with Crippen LogP contribution in [0.1, 0.15) is 11.1 Å². The number of hydrogen-bond acceptors (Lipinski definition) is 3. The van der Waals surface area contributed by atoms with E-state index in [9.17, 15) is 4.39 Å². The van der Waals surface area contributed by atoms with Crippen molar-refractivity contribution in [2.24, 2.45) is 0 Å². The molecule has 4 aromatic rings. The minimum absolute atomic E-state index is 0.174. The summed E-state index contributed by atoms with van der Waals surface area (Å²) in [4.78, 5) is 4.14. The molecule has 0 saturated heterocycles. The van der Waals surface area contributed by atoms with Gasteiger partial charge >= 0.3 is 0 Å². The lowest BCUT2D eigenvalue weighted by Gasteiger charge is -2.06. The van der Waals surface area contributed by atoms with Crippen LogP contribution in [0.25, 0.3) is 10.9 Å². The molecule has 4 rings (SSSR count). The molecule has 2 aromatic heterocycles. The minimum atomic E-state index is -0.174. The number of hydrogen-bond donors (Lipinski definition) is 1. The fourth-order valence-corrected chi connectivity index (χ4v) is 3.29. The van der Waals surface area contributed by atoms with E-state index >= 15 is 0 Å².